The number of halogens is 1. The molecule has 0 bridgehead atoms. The second-order valence-corrected chi connectivity index (χ2v) is 4.95. The fourth-order valence-corrected chi connectivity index (χ4v) is 2.46. The maximum atomic E-state index is 12.9. The zero-order valence-corrected chi connectivity index (χ0v) is 11.5. The van der Waals surface area contributed by atoms with Crippen LogP contribution in [0.5, 0.6) is 0 Å². The first-order chi connectivity index (χ1) is 10.3. The first-order valence-corrected chi connectivity index (χ1v) is 6.86. The van der Waals surface area contributed by atoms with Gasteiger partial charge in [0.1, 0.15) is 29.4 Å². The third-order valence-electron chi connectivity index (χ3n) is 2.67. The van der Waals surface area contributed by atoms with Crippen LogP contribution in [0.4, 0.5) is 4.39 Å². The fraction of sp³-hybridized carbons (Fsp3) is 0.0714. The van der Waals surface area contributed by atoms with Crippen LogP contribution in [0.3, 0.4) is 0 Å². The fourth-order valence-electron chi connectivity index (χ4n) is 1.71. The molecular formula is C14H9FN2O3S. The molecule has 1 aromatic carbocycles. The van der Waals surface area contributed by atoms with Gasteiger partial charge >= 0.3 is 0 Å². The van der Waals surface area contributed by atoms with Gasteiger partial charge in [-0.05, 0) is 24.3 Å². The van der Waals surface area contributed by atoms with Crippen molar-refractivity contribution in [3.63, 3.8) is 0 Å². The third kappa shape index (κ3) is 2.97. The van der Waals surface area contributed by atoms with E-state index in [1.807, 2.05) is 0 Å². The van der Waals surface area contributed by atoms with E-state index in [4.69, 9.17) is 4.42 Å². The van der Waals surface area contributed by atoms with E-state index in [9.17, 15) is 9.18 Å². The number of rotatable bonds is 5. The predicted octanol–water partition coefficient (Wildman–Crippen LogP) is 3.28. The molecule has 2 aromatic heterocycles. The minimum atomic E-state index is -0.315. The Labute approximate surface area is 123 Å². The van der Waals surface area contributed by atoms with Gasteiger partial charge in [0.2, 0.25) is 5.89 Å². The highest BCUT2D eigenvalue weighted by Gasteiger charge is 2.12. The Bertz CT molecular complexity index is 752. The summed E-state index contributed by atoms with van der Waals surface area (Å²) in [5.41, 5.74) is 1.91. The highest BCUT2D eigenvalue weighted by molar-refractivity contribution is 7.13. The number of oxazole rings is 1. The summed E-state index contributed by atoms with van der Waals surface area (Å²) in [6.07, 6.45) is 1.49. The topological polar surface area (TPSA) is 65.2 Å². The van der Waals surface area contributed by atoms with Gasteiger partial charge in [0.05, 0.1) is 5.69 Å². The molecule has 0 fully saturated rings. The van der Waals surface area contributed by atoms with Crippen LogP contribution in [0.2, 0.25) is 0 Å². The van der Waals surface area contributed by atoms with Crippen LogP contribution < -0.4 is 0 Å². The Morgan fingerprint density at radius 1 is 1.29 bits per heavy atom. The molecule has 0 spiro atoms. The summed E-state index contributed by atoms with van der Waals surface area (Å²) >= 11 is 1.37. The number of benzene rings is 1. The minimum Gasteiger partial charge on any atom is -0.461 e. The summed E-state index contributed by atoms with van der Waals surface area (Å²) < 4.78 is 22.9. The second-order valence-electron chi connectivity index (χ2n) is 4.10. The van der Waals surface area contributed by atoms with E-state index in [1.54, 1.807) is 17.5 Å². The summed E-state index contributed by atoms with van der Waals surface area (Å²) in [5, 5.41) is 2.45. The molecule has 0 aliphatic carbocycles. The van der Waals surface area contributed by atoms with Crippen LogP contribution in [-0.4, -0.2) is 16.4 Å². The lowest BCUT2D eigenvalue weighted by Crippen LogP contribution is -1.90. The third-order valence-corrected chi connectivity index (χ3v) is 3.58. The quantitative estimate of drug-likeness (QED) is 0.677. The van der Waals surface area contributed by atoms with Gasteiger partial charge in [0.25, 0.3) is 6.47 Å². The average Bonchev–Trinajstić information content (AvgIpc) is 3.15. The molecule has 0 amide bonds. The number of ether oxygens (including phenoxy) is 1. The number of hydrogen-bond donors (Lipinski definition) is 0. The summed E-state index contributed by atoms with van der Waals surface area (Å²) in [6, 6.07) is 5.88. The maximum Gasteiger partial charge on any atom is 0.293 e. The molecule has 0 unspecified atom stereocenters. The lowest BCUT2D eigenvalue weighted by Gasteiger charge is -1.93. The average molecular weight is 304 g/mol. The molecule has 0 saturated carbocycles. The zero-order chi connectivity index (χ0) is 14.7. The highest BCUT2D eigenvalue weighted by atomic mass is 32.1. The van der Waals surface area contributed by atoms with E-state index in [0.717, 1.165) is 0 Å². The molecule has 0 radical (unpaired) electrons. The van der Waals surface area contributed by atoms with Crippen LogP contribution in [0, 0.1) is 5.82 Å². The molecule has 3 aromatic rings. The smallest absolute Gasteiger partial charge is 0.293 e. The van der Waals surface area contributed by atoms with Gasteiger partial charge in [-0.2, -0.15) is 0 Å². The van der Waals surface area contributed by atoms with Crippen molar-refractivity contribution in [2.75, 3.05) is 0 Å². The van der Waals surface area contributed by atoms with Crippen molar-refractivity contribution < 1.29 is 18.3 Å². The molecule has 7 heteroatoms. The van der Waals surface area contributed by atoms with Gasteiger partial charge in [-0.1, -0.05) is 0 Å². The van der Waals surface area contributed by atoms with Crippen molar-refractivity contribution >= 4 is 17.8 Å². The van der Waals surface area contributed by atoms with Gasteiger partial charge < -0.3 is 9.15 Å². The summed E-state index contributed by atoms with van der Waals surface area (Å²) in [4.78, 5) is 18.8. The van der Waals surface area contributed by atoms with E-state index >= 15 is 0 Å². The van der Waals surface area contributed by atoms with Crippen molar-refractivity contribution in [2.24, 2.45) is 0 Å². The zero-order valence-electron chi connectivity index (χ0n) is 10.7. The van der Waals surface area contributed by atoms with Gasteiger partial charge in [0.15, 0.2) is 0 Å². The molecule has 2 heterocycles. The van der Waals surface area contributed by atoms with Crippen LogP contribution in [-0.2, 0) is 16.1 Å². The molecular weight excluding hydrogens is 295 g/mol. The molecule has 21 heavy (non-hydrogen) atoms. The van der Waals surface area contributed by atoms with Crippen LogP contribution >= 0.6 is 11.3 Å². The minimum absolute atomic E-state index is 0.128. The Hall–Kier alpha value is -2.54. The Kier molecular flexibility index (Phi) is 3.74. The Balaban J connectivity index is 1.82. The molecule has 0 aliphatic rings. The molecule has 0 atom stereocenters. The van der Waals surface area contributed by atoms with Gasteiger partial charge in [-0.15, -0.1) is 11.3 Å². The van der Waals surface area contributed by atoms with Crippen molar-refractivity contribution in [3.8, 4) is 22.2 Å². The Morgan fingerprint density at radius 2 is 2.10 bits per heavy atom. The van der Waals surface area contributed by atoms with Gasteiger partial charge in [-0.3, -0.25) is 4.79 Å². The molecule has 0 N–H and O–H groups in total. The summed E-state index contributed by atoms with van der Waals surface area (Å²) in [7, 11) is 0. The second kappa shape index (κ2) is 5.84. The molecule has 5 nitrogen and oxygen atoms in total. The van der Waals surface area contributed by atoms with E-state index < -0.39 is 0 Å². The predicted molar refractivity (Wildman–Crippen MR) is 73.9 cm³/mol. The van der Waals surface area contributed by atoms with E-state index in [0.29, 0.717) is 34.3 Å². The first kappa shape index (κ1) is 13.4. The standard InChI is InChI=1S/C14H9FN2O3S/c15-10-3-1-9(2-4-10)13-17-12(6-20-13)14-16-11(7-21-14)5-19-8-18/h1-4,6-8H,5H2. The SMILES string of the molecule is O=COCc1csc(-c2coc(-c3ccc(F)cc3)n2)n1. The lowest BCUT2D eigenvalue weighted by atomic mass is 10.2. The van der Waals surface area contributed by atoms with Crippen molar-refractivity contribution in [1.29, 1.82) is 0 Å². The Morgan fingerprint density at radius 3 is 2.86 bits per heavy atom. The van der Waals surface area contributed by atoms with Gasteiger partial charge in [0, 0.05) is 10.9 Å². The van der Waals surface area contributed by atoms with Crippen molar-refractivity contribution in [2.45, 2.75) is 6.61 Å². The molecule has 0 aliphatic heterocycles. The monoisotopic (exact) mass is 304 g/mol. The van der Waals surface area contributed by atoms with E-state index in [-0.39, 0.29) is 12.4 Å². The lowest BCUT2D eigenvalue weighted by molar-refractivity contribution is -0.129. The molecule has 106 valence electrons. The molecule has 0 saturated heterocycles. The van der Waals surface area contributed by atoms with Crippen LogP contribution in [0.1, 0.15) is 5.69 Å². The van der Waals surface area contributed by atoms with E-state index in [1.165, 1.54) is 29.7 Å². The summed E-state index contributed by atoms with van der Waals surface area (Å²) in [5.74, 6) is 0.0798. The largest absolute Gasteiger partial charge is 0.461 e. The van der Waals surface area contributed by atoms with E-state index in [2.05, 4.69) is 14.7 Å². The van der Waals surface area contributed by atoms with Gasteiger partial charge in [-0.25, -0.2) is 14.4 Å². The maximum absolute atomic E-state index is 12.9. The first-order valence-electron chi connectivity index (χ1n) is 5.98. The summed E-state index contributed by atoms with van der Waals surface area (Å²) in [6.45, 7) is 0.504. The number of carbonyl (C=O) groups excluding carboxylic acids is 1. The van der Waals surface area contributed by atoms with Crippen LogP contribution in [0.15, 0.2) is 40.3 Å². The van der Waals surface area contributed by atoms with Crippen molar-refractivity contribution in [1.82, 2.24) is 9.97 Å². The number of aromatic nitrogens is 2. The normalized spacial score (nSPS) is 10.5. The molecule has 3 rings (SSSR count). The highest BCUT2D eigenvalue weighted by Crippen LogP contribution is 2.27. The van der Waals surface area contributed by atoms with Crippen molar-refractivity contribution in [3.05, 3.63) is 47.4 Å². The number of hydrogen-bond acceptors (Lipinski definition) is 6. The van der Waals surface area contributed by atoms with Crippen LogP contribution in [0.25, 0.3) is 22.2 Å². The number of carbonyl (C=O) groups is 1. The number of nitrogens with zero attached hydrogens (tertiary/aromatic N) is 2. The number of thiazole rings is 1.